The zero-order valence-corrected chi connectivity index (χ0v) is 11.1. The number of benzene rings is 1. The molecular formula is C16H20O. The van der Waals surface area contributed by atoms with Crippen molar-refractivity contribution >= 4 is 5.57 Å². The lowest BCUT2D eigenvalue weighted by Gasteiger charge is -2.15. The summed E-state index contributed by atoms with van der Waals surface area (Å²) in [6.45, 7) is 8.50. The lowest BCUT2D eigenvalue weighted by atomic mass is 10.00. The fourth-order valence-electron chi connectivity index (χ4n) is 2.18. The largest absolute Gasteiger partial charge is 0.490 e. The van der Waals surface area contributed by atoms with Gasteiger partial charge in [-0.3, -0.25) is 0 Å². The van der Waals surface area contributed by atoms with Gasteiger partial charge in [0, 0.05) is 5.56 Å². The normalized spacial score (nSPS) is 15.5. The van der Waals surface area contributed by atoms with Gasteiger partial charge >= 0.3 is 0 Å². The van der Waals surface area contributed by atoms with Crippen LogP contribution in [0.1, 0.15) is 39.7 Å². The van der Waals surface area contributed by atoms with Crippen molar-refractivity contribution in [2.75, 3.05) is 0 Å². The maximum Gasteiger partial charge on any atom is 0.127 e. The predicted molar refractivity (Wildman–Crippen MR) is 73.2 cm³/mol. The quantitative estimate of drug-likeness (QED) is 0.734. The first kappa shape index (κ1) is 12.0. The second-order valence-electron chi connectivity index (χ2n) is 4.86. The minimum Gasteiger partial charge on any atom is -0.490 e. The maximum atomic E-state index is 5.88. The summed E-state index contributed by atoms with van der Waals surface area (Å²) >= 11 is 0. The lowest BCUT2D eigenvalue weighted by Crippen LogP contribution is -2.07. The minimum absolute atomic E-state index is 0.215. The molecule has 0 aromatic heterocycles. The molecule has 1 aromatic rings. The SMILES string of the molecule is CC1=CCC(c2ccccc2OC(C)C)=C1C. The molecule has 0 heterocycles. The Bertz CT molecular complexity index is 478. The highest BCUT2D eigenvalue weighted by Crippen LogP contribution is 2.37. The van der Waals surface area contributed by atoms with Crippen molar-refractivity contribution in [1.82, 2.24) is 0 Å². The molecule has 2 rings (SSSR count). The zero-order chi connectivity index (χ0) is 12.4. The molecule has 0 spiro atoms. The highest BCUT2D eigenvalue weighted by molar-refractivity contribution is 5.79. The van der Waals surface area contributed by atoms with E-state index in [1.54, 1.807) is 0 Å². The summed E-state index contributed by atoms with van der Waals surface area (Å²) in [7, 11) is 0. The summed E-state index contributed by atoms with van der Waals surface area (Å²) < 4.78 is 5.88. The van der Waals surface area contributed by atoms with Crippen LogP contribution in [-0.4, -0.2) is 6.10 Å². The van der Waals surface area contributed by atoms with Gasteiger partial charge in [0.1, 0.15) is 5.75 Å². The first-order chi connectivity index (χ1) is 8.09. The molecule has 1 heteroatoms. The average Bonchev–Trinajstić information content (AvgIpc) is 2.60. The minimum atomic E-state index is 0.215. The average molecular weight is 228 g/mol. The van der Waals surface area contributed by atoms with Crippen LogP contribution in [-0.2, 0) is 0 Å². The van der Waals surface area contributed by atoms with Gasteiger partial charge in [0.05, 0.1) is 6.10 Å². The predicted octanol–water partition coefficient (Wildman–Crippen LogP) is 4.60. The number of hydrogen-bond acceptors (Lipinski definition) is 1. The Morgan fingerprint density at radius 2 is 1.82 bits per heavy atom. The van der Waals surface area contributed by atoms with Crippen molar-refractivity contribution in [3.05, 3.63) is 47.1 Å². The number of hydrogen-bond donors (Lipinski definition) is 0. The zero-order valence-electron chi connectivity index (χ0n) is 11.1. The summed E-state index contributed by atoms with van der Waals surface area (Å²) in [6.07, 6.45) is 3.53. The van der Waals surface area contributed by atoms with E-state index in [9.17, 15) is 0 Å². The van der Waals surface area contributed by atoms with E-state index >= 15 is 0 Å². The van der Waals surface area contributed by atoms with E-state index in [-0.39, 0.29) is 6.10 Å². The highest BCUT2D eigenvalue weighted by atomic mass is 16.5. The van der Waals surface area contributed by atoms with Crippen LogP contribution in [0, 0.1) is 0 Å². The summed E-state index contributed by atoms with van der Waals surface area (Å²) in [4.78, 5) is 0. The van der Waals surface area contributed by atoms with Gasteiger partial charge in [-0.15, -0.1) is 0 Å². The Morgan fingerprint density at radius 1 is 1.12 bits per heavy atom. The third-order valence-corrected chi connectivity index (χ3v) is 3.23. The maximum absolute atomic E-state index is 5.88. The molecule has 0 radical (unpaired) electrons. The van der Waals surface area contributed by atoms with Gasteiger partial charge in [-0.05, 0) is 51.3 Å². The van der Waals surface area contributed by atoms with E-state index in [2.05, 4.69) is 52.0 Å². The Kier molecular flexibility index (Phi) is 3.37. The van der Waals surface area contributed by atoms with E-state index in [0.717, 1.165) is 12.2 Å². The van der Waals surface area contributed by atoms with Crippen molar-refractivity contribution in [1.29, 1.82) is 0 Å². The van der Waals surface area contributed by atoms with E-state index in [4.69, 9.17) is 4.74 Å². The number of ether oxygens (including phenoxy) is 1. The van der Waals surface area contributed by atoms with Crippen molar-refractivity contribution in [2.45, 2.75) is 40.2 Å². The van der Waals surface area contributed by atoms with Crippen LogP contribution in [0.25, 0.3) is 5.57 Å². The van der Waals surface area contributed by atoms with Crippen molar-refractivity contribution in [2.24, 2.45) is 0 Å². The van der Waals surface area contributed by atoms with Crippen LogP contribution in [0.4, 0.5) is 0 Å². The van der Waals surface area contributed by atoms with Gasteiger partial charge in [0.25, 0.3) is 0 Å². The Morgan fingerprint density at radius 3 is 2.41 bits per heavy atom. The number of allylic oxidation sites excluding steroid dienone is 4. The van der Waals surface area contributed by atoms with Crippen molar-refractivity contribution < 1.29 is 4.74 Å². The van der Waals surface area contributed by atoms with E-state index in [1.165, 1.54) is 22.3 Å². The van der Waals surface area contributed by atoms with Crippen molar-refractivity contribution in [3.63, 3.8) is 0 Å². The fourth-order valence-corrected chi connectivity index (χ4v) is 2.18. The summed E-state index contributed by atoms with van der Waals surface area (Å²) in [6, 6.07) is 8.33. The Hall–Kier alpha value is -1.50. The molecule has 1 aromatic carbocycles. The molecule has 0 amide bonds. The monoisotopic (exact) mass is 228 g/mol. The van der Waals surface area contributed by atoms with Crippen LogP contribution in [0.2, 0.25) is 0 Å². The third kappa shape index (κ3) is 2.44. The molecule has 0 saturated heterocycles. The van der Waals surface area contributed by atoms with Gasteiger partial charge in [-0.1, -0.05) is 29.8 Å². The lowest BCUT2D eigenvalue weighted by molar-refractivity contribution is 0.241. The van der Waals surface area contributed by atoms with Gasteiger partial charge in [-0.2, -0.15) is 0 Å². The molecular weight excluding hydrogens is 208 g/mol. The van der Waals surface area contributed by atoms with Crippen LogP contribution in [0.15, 0.2) is 41.5 Å². The van der Waals surface area contributed by atoms with Crippen LogP contribution >= 0.6 is 0 Å². The molecule has 1 aliphatic rings. The van der Waals surface area contributed by atoms with Gasteiger partial charge in [0.15, 0.2) is 0 Å². The summed E-state index contributed by atoms with van der Waals surface area (Å²) in [5, 5.41) is 0. The smallest absolute Gasteiger partial charge is 0.127 e. The van der Waals surface area contributed by atoms with Gasteiger partial charge < -0.3 is 4.74 Å². The number of para-hydroxylation sites is 1. The molecule has 0 N–H and O–H groups in total. The fraction of sp³-hybridized carbons (Fsp3) is 0.375. The van der Waals surface area contributed by atoms with Crippen LogP contribution in [0.5, 0.6) is 5.75 Å². The molecule has 0 unspecified atom stereocenters. The second-order valence-corrected chi connectivity index (χ2v) is 4.86. The van der Waals surface area contributed by atoms with Crippen LogP contribution in [0.3, 0.4) is 0 Å². The number of rotatable bonds is 3. The second kappa shape index (κ2) is 4.79. The third-order valence-electron chi connectivity index (χ3n) is 3.23. The van der Waals surface area contributed by atoms with Crippen molar-refractivity contribution in [3.8, 4) is 5.75 Å². The van der Waals surface area contributed by atoms with E-state index in [1.807, 2.05) is 6.07 Å². The first-order valence-corrected chi connectivity index (χ1v) is 6.22. The van der Waals surface area contributed by atoms with E-state index < -0.39 is 0 Å². The summed E-state index contributed by atoms with van der Waals surface area (Å²) in [5.74, 6) is 1.000. The molecule has 0 atom stereocenters. The molecule has 0 aliphatic heterocycles. The Labute approximate surface area is 104 Å². The summed E-state index contributed by atoms with van der Waals surface area (Å²) in [5.41, 5.74) is 5.43. The molecule has 90 valence electrons. The molecule has 0 bridgehead atoms. The molecule has 17 heavy (non-hydrogen) atoms. The van der Waals surface area contributed by atoms with E-state index in [0.29, 0.717) is 0 Å². The van der Waals surface area contributed by atoms with Gasteiger partial charge in [-0.25, -0.2) is 0 Å². The molecule has 1 aliphatic carbocycles. The van der Waals surface area contributed by atoms with Gasteiger partial charge in [0.2, 0.25) is 0 Å². The van der Waals surface area contributed by atoms with Crippen LogP contribution < -0.4 is 4.74 Å². The molecule has 1 nitrogen and oxygen atoms in total. The highest BCUT2D eigenvalue weighted by Gasteiger charge is 2.16. The molecule has 0 saturated carbocycles. The molecule has 0 fully saturated rings. The standard InChI is InChI=1S/C16H20O/c1-11(2)17-16-8-6-5-7-15(16)14-10-9-12(3)13(14)4/h5-9,11H,10H2,1-4H3. The first-order valence-electron chi connectivity index (χ1n) is 6.22. The Balaban J connectivity index is 2.40. The topological polar surface area (TPSA) is 9.23 Å².